The number of aromatic amines is 1. The highest BCUT2D eigenvalue weighted by molar-refractivity contribution is 7.11. The molecule has 4 N–H and O–H groups in total. The third kappa shape index (κ3) is 2.42. The van der Waals surface area contributed by atoms with Crippen LogP contribution in [0.1, 0.15) is 10.8 Å². The molecule has 0 aliphatic rings. The maximum absolute atomic E-state index is 5.92. The first-order valence-electron chi connectivity index (χ1n) is 5.50. The van der Waals surface area contributed by atoms with E-state index in [1.165, 1.54) is 17.9 Å². The number of aromatic nitrogens is 5. The summed E-state index contributed by atoms with van der Waals surface area (Å²) in [7, 11) is 0. The van der Waals surface area contributed by atoms with Crippen molar-refractivity contribution in [2.24, 2.45) is 0 Å². The summed E-state index contributed by atoms with van der Waals surface area (Å²) in [5.41, 5.74) is 7.63. The molecule has 0 radical (unpaired) electrons. The van der Waals surface area contributed by atoms with Crippen molar-refractivity contribution in [3.05, 3.63) is 22.5 Å². The van der Waals surface area contributed by atoms with Crippen LogP contribution in [0, 0.1) is 6.92 Å². The first-order valence-corrected chi connectivity index (χ1v) is 7.15. The van der Waals surface area contributed by atoms with Crippen LogP contribution in [0.3, 0.4) is 0 Å². The van der Waals surface area contributed by atoms with Crippen LogP contribution >= 0.6 is 22.9 Å². The Bertz CT molecular complexity index is 670. The second kappa shape index (κ2) is 4.94. The number of H-pyrrole nitrogens is 1. The summed E-state index contributed by atoms with van der Waals surface area (Å²) in [6.45, 7) is 2.50. The summed E-state index contributed by atoms with van der Waals surface area (Å²) in [6, 6.07) is 0. The molecule has 0 saturated heterocycles. The number of aryl methyl sites for hydroxylation is 1. The number of nitrogen functional groups attached to an aromatic ring is 1. The molecule has 3 rings (SSSR count). The first kappa shape index (κ1) is 12.1. The Morgan fingerprint density at radius 1 is 1.47 bits per heavy atom. The van der Waals surface area contributed by atoms with E-state index in [9.17, 15) is 0 Å². The Morgan fingerprint density at radius 2 is 2.37 bits per heavy atom. The summed E-state index contributed by atoms with van der Waals surface area (Å²) < 4.78 is 4.18. The average Bonchev–Trinajstić information content (AvgIpc) is 3.08. The van der Waals surface area contributed by atoms with Crippen molar-refractivity contribution in [3.63, 3.8) is 0 Å². The maximum atomic E-state index is 5.92. The molecule has 3 heterocycles. The van der Waals surface area contributed by atoms with Gasteiger partial charge in [-0.05, 0) is 18.5 Å². The molecular formula is C10H11N7S2. The molecule has 0 amide bonds. The number of nitrogens with zero attached hydrogens (tertiary/aromatic N) is 4. The van der Waals surface area contributed by atoms with Crippen LogP contribution in [0.25, 0.3) is 11.3 Å². The van der Waals surface area contributed by atoms with Crippen molar-refractivity contribution in [1.29, 1.82) is 0 Å². The molecule has 0 aromatic carbocycles. The van der Waals surface area contributed by atoms with Crippen LogP contribution < -0.4 is 11.1 Å². The predicted octanol–water partition coefficient (Wildman–Crippen LogP) is 1.89. The number of hydrogen-bond acceptors (Lipinski definition) is 8. The second-order valence-corrected chi connectivity index (χ2v) is 5.65. The normalized spacial score (nSPS) is 10.8. The fourth-order valence-corrected chi connectivity index (χ4v) is 2.95. The van der Waals surface area contributed by atoms with Crippen molar-refractivity contribution >= 4 is 33.7 Å². The van der Waals surface area contributed by atoms with Crippen LogP contribution in [0.4, 0.5) is 10.8 Å². The molecule has 98 valence electrons. The van der Waals surface area contributed by atoms with Gasteiger partial charge in [0.25, 0.3) is 0 Å². The highest BCUT2D eigenvalue weighted by atomic mass is 32.1. The van der Waals surface area contributed by atoms with Gasteiger partial charge >= 0.3 is 0 Å². The molecule has 19 heavy (non-hydrogen) atoms. The quantitative estimate of drug-likeness (QED) is 0.678. The van der Waals surface area contributed by atoms with Crippen LogP contribution in [-0.2, 0) is 6.54 Å². The first-order chi connectivity index (χ1) is 9.24. The van der Waals surface area contributed by atoms with E-state index in [1.54, 1.807) is 11.3 Å². The van der Waals surface area contributed by atoms with Gasteiger partial charge in [0.2, 0.25) is 0 Å². The van der Waals surface area contributed by atoms with Gasteiger partial charge in [-0.15, -0.1) is 11.3 Å². The van der Waals surface area contributed by atoms with Crippen molar-refractivity contribution in [1.82, 2.24) is 24.5 Å². The van der Waals surface area contributed by atoms with E-state index in [0.717, 1.165) is 27.1 Å². The summed E-state index contributed by atoms with van der Waals surface area (Å²) in [4.78, 5) is 8.50. The monoisotopic (exact) mass is 293 g/mol. The minimum Gasteiger partial charge on any atom is -0.382 e. The molecule has 3 aromatic rings. The lowest BCUT2D eigenvalue weighted by molar-refractivity contribution is 0.957. The Morgan fingerprint density at radius 3 is 3.05 bits per heavy atom. The van der Waals surface area contributed by atoms with Gasteiger partial charge in [0.15, 0.2) is 0 Å². The van der Waals surface area contributed by atoms with E-state index >= 15 is 0 Å². The molecule has 0 atom stereocenters. The van der Waals surface area contributed by atoms with Gasteiger partial charge < -0.3 is 11.1 Å². The molecule has 0 saturated carbocycles. The van der Waals surface area contributed by atoms with Crippen molar-refractivity contribution in [3.8, 4) is 11.3 Å². The zero-order valence-electron chi connectivity index (χ0n) is 10.0. The molecule has 9 heteroatoms. The lowest BCUT2D eigenvalue weighted by atomic mass is 10.2. The van der Waals surface area contributed by atoms with Gasteiger partial charge in [0.05, 0.1) is 22.8 Å². The number of anilines is 2. The third-order valence-corrected chi connectivity index (χ3v) is 4.07. The number of nitrogens with one attached hydrogen (secondary N) is 2. The van der Waals surface area contributed by atoms with Gasteiger partial charge in [-0.3, -0.25) is 5.10 Å². The summed E-state index contributed by atoms with van der Waals surface area (Å²) in [6.07, 6.45) is 1.47. The van der Waals surface area contributed by atoms with Crippen LogP contribution in [0.2, 0.25) is 0 Å². The number of hydrogen-bond donors (Lipinski definition) is 3. The average molecular weight is 293 g/mol. The Labute approximate surface area is 117 Å². The van der Waals surface area contributed by atoms with E-state index in [4.69, 9.17) is 5.73 Å². The highest BCUT2D eigenvalue weighted by Gasteiger charge is 2.16. The molecule has 0 fully saturated rings. The SMILES string of the molecule is Cc1nc(-c2c(N)nsc2NCc2ncn[nH]2)cs1. The lowest BCUT2D eigenvalue weighted by Gasteiger charge is -2.03. The van der Waals surface area contributed by atoms with Crippen molar-refractivity contribution in [2.75, 3.05) is 11.1 Å². The molecule has 7 nitrogen and oxygen atoms in total. The highest BCUT2D eigenvalue weighted by Crippen LogP contribution is 2.37. The summed E-state index contributed by atoms with van der Waals surface area (Å²) in [5, 5.41) is 13.7. The topological polar surface area (TPSA) is 105 Å². The number of nitrogens with two attached hydrogens (primary N) is 1. The molecular weight excluding hydrogens is 282 g/mol. The lowest BCUT2D eigenvalue weighted by Crippen LogP contribution is -2.01. The van der Waals surface area contributed by atoms with E-state index in [1.807, 2.05) is 12.3 Å². The minimum absolute atomic E-state index is 0.496. The fraction of sp³-hybridized carbons (Fsp3) is 0.200. The second-order valence-electron chi connectivity index (χ2n) is 3.81. The summed E-state index contributed by atoms with van der Waals surface area (Å²) >= 11 is 2.91. The molecule has 0 spiro atoms. The fourth-order valence-electron chi connectivity index (χ4n) is 1.63. The zero-order valence-corrected chi connectivity index (χ0v) is 11.7. The Kier molecular flexibility index (Phi) is 3.13. The van der Waals surface area contributed by atoms with E-state index in [-0.39, 0.29) is 0 Å². The van der Waals surface area contributed by atoms with Gasteiger partial charge in [-0.2, -0.15) is 9.47 Å². The van der Waals surface area contributed by atoms with Crippen molar-refractivity contribution in [2.45, 2.75) is 13.5 Å². The van der Waals surface area contributed by atoms with E-state index in [0.29, 0.717) is 12.4 Å². The summed E-state index contributed by atoms with van der Waals surface area (Å²) in [5.74, 6) is 1.25. The maximum Gasteiger partial charge on any atom is 0.148 e. The van der Waals surface area contributed by atoms with Crippen molar-refractivity contribution < 1.29 is 0 Å². The van der Waals surface area contributed by atoms with E-state index in [2.05, 4.69) is 29.9 Å². The van der Waals surface area contributed by atoms with Crippen LogP contribution in [-0.4, -0.2) is 24.5 Å². The Hall–Kier alpha value is -2.00. The van der Waals surface area contributed by atoms with Gasteiger partial charge in [-0.25, -0.2) is 9.97 Å². The molecule has 3 aromatic heterocycles. The van der Waals surface area contributed by atoms with Gasteiger partial charge in [-0.1, -0.05) is 0 Å². The van der Waals surface area contributed by atoms with Gasteiger partial charge in [0, 0.05) is 5.38 Å². The standard InChI is InChI=1S/C10H11N7S2/c1-5-15-6(3-18-5)8-9(11)17-19-10(8)12-2-7-13-4-14-16-7/h3-4,12H,2H2,1H3,(H2,11,17)(H,13,14,16). The third-order valence-electron chi connectivity index (χ3n) is 2.47. The number of thiazole rings is 1. The molecule has 0 bridgehead atoms. The largest absolute Gasteiger partial charge is 0.382 e. The molecule has 0 aliphatic heterocycles. The molecule has 0 unspecified atom stereocenters. The van der Waals surface area contributed by atoms with E-state index < -0.39 is 0 Å². The molecule has 0 aliphatic carbocycles. The number of rotatable bonds is 4. The minimum atomic E-state index is 0.496. The predicted molar refractivity (Wildman–Crippen MR) is 76.1 cm³/mol. The Balaban J connectivity index is 1.86. The van der Waals surface area contributed by atoms with Crippen LogP contribution in [0.15, 0.2) is 11.7 Å². The zero-order chi connectivity index (χ0) is 13.2. The smallest absolute Gasteiger partial charge is 0.148 e. The van der Waals surface area contributed by atoms with Crippen LogP contribution in [0.5, 0.6) is 0 Å². The van der Waals surface area contributed by atoms with Gasteiger partial charge in [0.1, 0.15) is 23.0 Å².